The van der Waals surface area contributed by atoms with Crippen molar-refractivity contribution in [3.63, 3.8) is 0 Å². The minimum absolute atomic E-state index is 0.127. The lowest BCUT2D eigenvalue weighted by molar-refractivity contribution is -0.132. The standard InChI is InChI=1S/C15H20F2N2O3/c1-3-19(7-8-20)14(22)9-13(18-10(2)21)15-11(16)5-4-6-12(15)17/h4-6,13,20H,3,7-9H2,1-2H3,(H,18,21). The molecule has 0 saturated carbocycles. The first-order chi connectivity index (χ1) is 10.4. The molecule has 0 aromatic heterocycles. The second-order valence-electron chi connectivity index (χ2n) is 4.79. The summed E-state index contributed by atoms with van der Waals surface area (Å²) < 4.78 is 27.8. The Morgan fingerprint density at radius 1 is 1.32 bits per heavy atom. The van der Waals surface area contributed by atoms with E-state index in [-0.39, 0.29) is 25.1 Å². The summed E-state index contributed by atoms with van der Waals surface area (Å²) in [6.45, 7) is 3.21. The van der Waals surface area contributed by atoms with Gasteiger partial charge in [-0.3, -0.25) is 9.59 Å². The first-order valence-electron chi connectivity index (χ1n) is 7.00. The minimum atomic E-state index is -1.10. The molecule has 1 aromatic rings. The summed E-state index contributed by atoms with van der Waals surface area (Å²) in [6, 6.07) is 2.26. The zero-order chi connectivity index (χ0) is 16.7. The molecule has 0 aliphatic heterocycles. The van der Waals surface area contributed by atoms with E-state index < -0.39 is 29.5 Å². The zero-order valence-electron chi connectivity index (χ0n) is 12.6. The minimum Gasteiger partial charge on any atom is -0.395 e. The van der Waals surface area contributed by atoms with E-state index in [1.165, 1.54) is 17.9 Å². The van der Waals surface area contributed by atoms with Crippen LogP contribution < -0.4 is 5.32 Å². The molecule has 0 aliphatic rings. The number of likely N-dealkylation sites (N-methyl/N-ethyl adjacent to an activating group) is 1. The molecule has 0 radical (unpaired) electrons. The predicted molar refractivity (Wildman–Crippen MR) is 76.9 cm³/mol. The number of carbonyl (C=O) groups excluding carboxylic acids is 2. The van der Waals surface area contributed by atoms with Gasteiger partial charge in [-0.15, -0.1) is 0 Å². The van der Waals surface area contributed by atoms with Gasteiger partial charge in [-0.25, -0.2) is 8.78 Å². The van der Waals surface area contributed by atoms with Crippen LogP contribution in [0.2, 0.25) is 0 Å². The Bertz CT molecular complexity index is 517. The first-order valence-corrected chi connectivity index (χ1v) is 7.00. The second kappa shape index (κ2) is 8.43. The molecule has 0 spiro atoms. The van der Waals surface area contributed by atoms with Crippen molar-refractivity contribution in [3.8, 4) is 0 Å². The summed E-state index contributed by atoms with van der Waals surface area (Å²) in [4.78, 5) is 24.8. The Kier molecular flexibility index (Phi) is 6.91. The topological polar surface area (TPSA) is 69.6 Å². The van der Waals surface area contributed by atoms with Gasteiger partial charge in [0.2, 0.25) is 11.8 Å². The van der Waals surface area contributed by atoms with Gasteiger partial charge >= 0.3 is 0 Å². The average Bonchev–Trinajstić information content (AvgIpc) is 2.43. The number of hydrogen-bond donors (Lipinski definition) is 2. The molecule has 0 heterocycles. The van der Waals surface area contributed by atoms with Gasteiger partial charge in [0.25, 0.3) is 0 Å². The van der Waals surface area contributed by atoms with E-state index in [2.05, 4.69) is 5.32 Å². The van der Waals surface area contributed by atoms with E-state index in [9.17, 15) is 18.4 Å². The van der Waals surface area contributed by atoms with Gasteiger partial charge in [0, 0.05) is 25.6 Å². The lowest BCUT2D eigenvalue weighted by Gasteiger charge is -2.24. The number of benzene rings is 1. The number of amides is 2. The van der Waals surface area contributed by atoms with Crippen molar-refractivity contribution in [1.82, 2.24) is 10.2 Å². The van der Waals surface area contributed by atoms with Crippen molar-refractivity contribution in [2.45, 2.75) is 26.3 Å². The number of rotatable bonds is 7. The molecule has 122 valence electrons. The SMILES string of the molecule is CCN(CCO)C(=O)CC(NC(C)=O)c1c(F)cccc1F. The van der Waals surface area contributed by atoms with Gasteiger partial charge < -0.3 is 15.3 Å². The number of nitrogens with zero attached hydrogens (tertiary/aromatic N) is 1. The Labute approximate surface area is 127 Å². The summed E-state index contributed by atoms with van der Waals surface area (Å²) in [7, 11) is 0. The smallest absolute Gasteiger partial charge is 0.225 e. The number of halogens is 2. The van der Waals surface area contributed by atoms with E-state index in [0.29, 0.717) is 6.54 Å². The fourth-order valence-corrected chi connectivity index (χ4v) is 2.20. The maximum atomic E-state index is 13.9. The number of aliphatic hydroxyl groups is 1. The molecular weight excluding hydrogens is 294 g/mol. The Morgan fingerprint density at radius 2 is 1.91 bits per heavy atom. The van der Waals surface area contributed by atoms with Crippen LogP contribution in [-0.2, 0) is 9.59 Å². The van der Waals surface area contributed by atoms with Gasteiger partial charge in [-0.2, -0.15) is 0 Å². The quantitative estimate of drug-likeness (QED) is 0.799. The zero-order valence-corrected chi connectivity index (χ0v) is 12.6. The van der Waals surface area contributed by atoms with Gasteiger partial charge in [-0.1, -0.05) is 6.07 Å². The van der Waals surface area contributed by atoms with E-state index in [0.717, 1.165) is 12.1 Å². The van der Waals surface area contributed by atoms with Crippen LogP contribution in [0.1, 0.15) is 31.9 Å². The lowest BCUT2D eigenvalue weighted by atomic mass is 10.0. The highest BCUT2D eigenvalue weighted by atomic mass is 19.1. The normalized spacial score (nSPS) is 11.9. The van der Waals surface area contributed by atoms with Gasteiger partial charge in [0.15, 0.2) is 0 Å². The number of nitrogens with one attached hydrogen (secondary N) is 1. The van der Waals surface area contributed by atoms with Crippen LogP contribution in [0.25, 0.3) is 0 Å². The maximum absolute atomic E-state index is 13.9. The van der Waals surface area contributed by atoms with E-state index in [1.807, 2.05) is 0 Å². The number of hydrogen-bond acceptors (Lipinski definition) is 3. The van der Waals surface area contributed by atoms with Crippen molar-refractivity contribution in [2.24, 2.45) is 0 Å². The van der Waals surface area contributed by atoms with Crippen molar-refractivity contribution >= 4 is 11.8 Å². The molecule has 22 heavy (non-hydrogen) atoms. The van der Waals surface area contributed by atoms with Crippen LogP contribution in [0, 0.1) is 11.6 Å². The summed E-state index contributed by atoms with van der Waals surface area (Å²) in [5, 5.41) is 11.3. The third-order valence-electron chi connectivity index (χ3n) is 3.21. The molecule has 0 saturated heterocycles. The van der Waals surface area contributed by atoms with Crippen molar-refractivity contribution < 1.29 is 23.5 Å². The lowest BCUT2D eigenvalue weighted by Crippen LogP contribution is -2.37. The largest absolute Gasteiger partial charge is 0.395 e. The fraction of sp³-hybridized carbons (Fsp3) is 0.467. The molecule has 1 aromatic carbocycles. The molecule has 2 amide bonds. The summed E-state index contributed by atoms with van der Waals surface area (Å²) in [5.41, 5.74) is -0.342. The summed E-state index contributed by atoms with van der Waals surface area (Å²) in [5.74, 6) is -2.54. The van der Waals surface area contributed by atoms with Crippen LogP contribution in [-0.4, -0.2) is 41.5 Å². The molecule has 1 unspecified atom stereocenters. The van der Waals surface area contributed by atoms with Gasteiger partial charge in [0.05, 0.1) is 19.1 Å². The van der Waals surface area contributed by atoms with Crippen molar-refractivity contribution in [1.29, 1.82) is 0 Å². The maximum Gasteiger partial charge on any atom is 0.225 e. The molecule has 2 N–H and O–H groups in total. The highest BCUT2D eigenvalue weighted by Crippen LogP contribution is 2.24. The second-order valence-corrected chi connectivity index (χ2v) is 4.79. The fourth-order valence-electron chi connectivity index (χ4n) is 2.20. The third-order valence-corrected chi connectivity index (χ3v) is 3.21. The van der Waals surface area contributed by atoms with Crippen molar-refractivity contribution in [3.05, 3.63) is 35.4 Å². The molecule has 0 bridgehead atoms. The van der Waals surface area contributed by atoms with Crippen LogP contribution in [0.5, 0.6) is 0 Å². The summed E-state index contributed by atoms with van der Waals surface area (Å²) in [6.07, 6.45) is -0.286. The highest BCUT2D eigenvalue weighted by molar-refractivity contribution is 5.79. The highest BCUT2D eigenvalue weighted by Gasteiger charge is 2.25. The van der Waals surface area contributed by atoms with E-state index >= 15 is 0 Å². The molecule has 0 fully saturated rings. The third kappa shape index (κ3) is 4.77. The monoisotopic (exact) mass is 314 g/mol. The van der Waals surface area contributed by atoms with Crippen LogP contribution in [0.3, 0.4) is 0 Å². The van der Waals surface area contributed by atoms with Crippen LogP contribution in [0.15, 0.2) is 18.2 Å². The van der Waals surface area contributed by atoms with E-state index in [4.69, 9.17) is 5.11 Å². The summed E-state index contributed by atoms with van der Waals surface area (Å²) >= 11 is 0. The number of carbonyl (C=O) groups is 2. The predicted octanol–water partition coefficient (Wildman–Crippen LogP) is 1.37. The molecule has 5 nitrogen and oxygen atoms in total. The van der Waals surface area contributed by atoms with Gasteiger partial charge in [-0.05, 0) is 19.1 Å². The molecular formula is C15H20F2N2O3. The first kappa shape index (κ1) is 18.0. The molecule has 7 heteroatoms. The Balaban J connectivity index is 3.04. The van der Waals surface area contributed by atoms with E-state index in [1.54, 1.807) is 6.92 Å². The molecule has 1 atom stereocenters. The van der Waals surface area contributed by atoms with Crippen LogP contribution in [0.4, 0.5) is 8.78 Å². The molecule has 1 rings (SSSR count). The van der Waals surface area contributed by atoms with Gasteiger partial charge in [0.1, 0.15) is 11.6 Å². The van der Waals surface area contributed by atoms with Crippen LogP contribution >= 0.6 is 0 Å². The van der Waals surface area contributed by atoms with Crippen molar-refractivity contribution in [2.75, 3.05) is 19.7 Å². The Morgan fingerprint density at radius 3 is 2.36 bits per heavy atom. The average molecular weight is 314 g/mol. The Hall–Kier alpha value is -2.02. The number of aliphatic hydroxyl groups excluding tert-OH is 1. The molecule has 0 aliphatic carbocycles.